The number of hydrogen-bond acceptors (Lipinski definition) is 7. The van der Waals surface area contributed by atoms with Gasteiger partial charge in [-0.3, -0.25) is 5.41 Å². The first-order valence-corrected chi connectivity index (χ1v) is 9.37. The number of hydrogen-bond donors (Lipinski definition) is 1. The predicted octanol–water partition coefficient (Wildman–Crippen LogP) is 3.26. The van der Waals surface area contributed by atoms with E-state index in [9.17, 15) is 15.8 Å². The highest BCUT2D eigenvalue weighted by atomic mass is 16.7. The van der Waals surface area contributed by atoms with Crippen LogP contribution in [-0.2, 0) is 9.47 Å². The number of benzene rings is 1. The van der Waals surface area contributed by atoms with Gasteiger partial charge < -0.3 is 14.4 Å². The number of nitrogens with one attached hydrogen (secondary N) is 1. The number of ether oxygens (including phenoxy) is 2. The Bertz CT molecular complexity index is 937. The van der Waals surface area contributed by atoms with Gasteiger partial charge in [-0.15, -0.1) is 0 Å². The molecule has 0 radical (unpaired) electrons. The molecule has 3 aliphatic rings. The van der Waals surface area contributed by atoms with Gasteiger partial charge in [-0.1, -0.05) is 18.6 Å². The monoisotopic (exact) mass is 375 g/mol. The van der Waals surface area contributed by atoms with E-state index in [1.54, 1.807) is 0 Å². The van der Waals surface area contributed by atoms with E-state index < -0.39 is 28.6 Å². The van der Waals surface area contributed by atoms with E-state index >= 15 is 0 Å². The highest BCUT2D eigenvalue weighted by molar-refractivity contribution is 5.89. The van der Waals surface area contributed by atoms with E-state index in [2.05, 4.69) is 18.2 Å². The van der Waals surface area contributed by atoms with Crippen LogP contribution in [0.15, 0.2) is 24.3 Å². The summed E-state index contributed by atoms with van der Waals surface area (Å²) in [5.41, 5.74) is -1.90. The van der Waals surface area contributed by atoms with Crippen molar-refractivity contribution in [2.75, 3.05) is 19.0 Å². The summed E-state index contributed by atoms with van der Waals surface area (Å²) in [6.07, 6.45) is 1.86. The Morgan fingerprint density at radius 3 is 2.32 bits per heavy atom. The maximum absolute atomic E-state index is 10.2. The maximum atomic E-state index is 10.2. The Kier molecular flexibility index (Phi) is 3.89. The van der Waals surface area contributed by atoms with Gasteiger partial charge in [0.05, 0.1) is 24.1 Å². The van der Waals surface area contributed by atoms with Gasteiger partial charge in [-0.2, -0.15) is 15.8 Å². The summed E-state index contributed by atoms with van der Waals surface area (Å²) in [4.78, 5) is 1.95. The number of anilines is 1. The molecule has 4 rings (SSSR count). The molecule has 0 unspecified atom stereocenters. The summed E-state index contributed by atoms with van der Waals surface area (Å²) >= 11 is 0. The van der Waals surface area contributed by atoms with E-state index in [0.717, 1.165) is 18.5 Å². The Morgan fingerprint density at radius 1 is 1.07 bits per heavy atom. The van der Waals surface area contributed by atoms with Crippen LogP contribution in [0.1, 0.15) is 37.4 Å². The quantitative estimate of drug-likeness (QED) is 0.848. The first-order valence-electron chi connectivity index (χ1n) is 9.37. The first-order chi connectivity index (χ1) is 13.4. The van der Waals surface area contributed by atoms with E-state index in [-0.39, 0.29) is 5.90 Å². The molecule has 2 saturated heterocycles. The van der Waals surface area contributed by atoms with Gasteiger partial charge >= 0.3 is 0 Å². The number of nitriles is 3. The Hall–Kier alpha value is -3.08. The summed E-state index contributed by atoms with van der Waals surface area (Å²) in [5.74, 6) is -1.92. The molecule has 1 aliphatic carbocycles. The van der Waals surface area contributed by atoms with Crippen LogP contribution in [0.3, 0.4) is 0 Å². The molecule has 4 atom stereocenters. The van der Waals surface area contributed by atoms with Crippen LogP contribution in [-0.4, -0.2) is 25.8 Å². The molecule has 1 saturated carbocycles. The second kappa shape index (κ2) is 5.96. The van der Waals surface area contributed by atoms with Crippen LogP contribution in [0, 0.1) is 56.2 Å². The molecule has 2 aliphatic heterocycles. The van der Waals surface area contributed by atoms with Crippen LogP contribution < -0.4 is 4.90 Å². The normalized spacial score (nSPS) is 34.9. The lowest BCUT2D eigenvalue weighted by atomic mass is 9.51. The molecular formula is C21H21N5O2. The predicted molar refractivity (Wildman–Crippen MR) is 99.8 cm³/mol. The van der Waals surface area contributed by atoms with Crippen LogP contribution in [0.2, 0.25) is 0 Å². The molecule has 142 valence electrons. The lowest BCUT2D eigenvalue weighted by molar-refractivity contribution is -0.294. The number of rotatable bonds is 2. The van der Waals surface area contributed by atoms with Crippen LogP contribution >= 0.6 is 0 Å². The summed E-state index contributed by atoms with van der Waals surface area (Å²) in [6, 6.07) is 13.8. The summed E-state index contributed by atoms with van der Waals surface area (Å²) in [7, 11) is 3.85. The molecule has 3 fully saturated rings. The average Bonchev–Trinajstić information content (AvgIpc) is 2.92. The van der Waals surface area contributed by atoms with Crippen molar-refractivity contribution in [1.82, 2.24) is 0 Å². The highest BCUT2D eigenvalue weighted by Gasteiger charge is 2.80. The minimum Gasteiger partial charge on any atom is -0.447 e. The fraction of sp³-hybridized carbons (Fsp3) is 0.524. The van der Waals surface area contributed by atoms with Crippen molar-refractivity contribution in [3.63, 3.8) is 0 Å². The molecule has 2 heterocycles. The molecule has 7 heteroatoms. The van der Waals surface area contributed by atoms with Crippen molar-refractivity contribution < 1.29 is 9.47 Å². The van der Waals surface area contributed by atoms with E-state index in [0.29, 0.717) is 18.4 Å². The van der Waals surface area contributed by atoms with Crippen molar-refractivity contribution in [1.29, 1.82) is 21.2 Å². The molecule has 1 N–H and O–H groups in total. The Balaban J connectivity index is 1.93. The zero-order chi connectivity index (χ0) is 20.2. The molecule has 1 aromatic carbocycles. The fourth-order valence-corrected chi connectivity index (χ4v) is 5.11. The van der Waals surface area contributed by atoms with Crippen molar-refractivity contribution in [2.24, 2.45) is 16.7 Å². The van der Waals surface area contributed by atoms with E-state index in [1.807, 2.05) is 43.3 Å². The highest BCUT2D eigenvalue weighted by Crippen LogP contribution is 2.69. The van der Waals surface area contributed by atoms with Crippen molar-refractivity contribution in [2.45, 2.75) is 37.6 Å². The Morgan fingerprint density at radius 2 is 1.75 bits per heavy atom. The first kappa shape index (κ1) is 18.3. The van der Waals surface area contributed by atoms with Crippen molar-refractivity contribution in [3.05, 3.63) is 29.8 Å². The van der Waals surface area contributed by atoms with Gasteiger partial charge in [0.15, 0.2) is 5.41 Å². The molecule has 0 amide bonds. The largest absolute Gasteiger partial charge is 0.447 e. The van der Waals surface area contributed by atoms with Gasteiger partial charge in [0.1, 0.15) is 6.10 Å². The van der Waals surface area contributed by atoms with Gasteiger partial charge in [-0.05, 0) is 30.5 Å². The van der Waals surface area contributed by atoms with Crippen LogP contribution in [0.5, 0.6) is 0 Å². The van der Waals surface area contributed by atoms with E-state index in [1.165, 1.54) is 0 Å². The minimum absolute atomic E-state index is 0.308. The van der Waals surface area contributed by atoms with Crippen LogP contribution in [0.4, 0.5) is 5.69 Å². The zero-order valence-corrected chi connectivity index (χ0v) is 15.9. The van der Waals surface area contributed by atoms with Gasteiger partial charge in [-0.25, -0.2) is 0 Å². The lowest BCUT2D eigenvalue weighted by Crippen LogP contribution is -2.60. The van der Waals surface area contributed by atoms with Gasteiger partial charge in [0.25, 0.3) is 0 Å². The van der Waals surface area contributed by atoms with E-state index in [4.69, 9.17) is 14.9 Å². The van der Waals surface area contributed by atoms with Crippen molar-refractivity contribution in [3.8, 4) is 18.2 Å². The van der Waals surface area contributed by atoms with Gasteiger partial charge in [0.2, 0.25) is 17.1 Å². The molecule has 28 heavy (non-hydrogen) atoms. The van der Waals surface area contributed by atoms with Crippen LogP contribution in [0.25, 0.3) is 0 Å². The smallest absolute Gasteiger partial charge is 0.217 e. The molecule has 0 spiro atoms. The Labute approximate surface area is 164 Å². The number of nitrogens with zero attached hydrogens (tertiary/aromatic N) is 4. The zero-order valence-electron chi connectivity index (χ0n) is 15.9. The fourth-order valence-electron chi connectivity index (χ4n) is 5.11. The SMILES string of the molecule is CN(C)c1ccc([C@H]2O[C@@]34CCCC[C@H]3[C@](C#N)(C(=N)O4)C2(C#N)C#N)cc1. The van der Waals surface area contributed by atoms with Crippen molar-refractivity contribution >= 4 is 11.6 Å². The molecule has 7 nitrogen and oxygen atoms in total. The molecule has 1 aromatic rings. The topological polar surface area (TPSA) is 117 Å². The van der Waals surface area contributed by atoms with Gasteiger partial charge in [0, 0.05) is 26.2 Å². The third kappa shape index (κ3) is 1.96. The second-order valence-corrected chi connectivity index (χ2v) is 7.98. The maximum Gasteiger partial charge on any atom is 0.217 e. The lowest BCUT2D eigenvalue weighted by Gasteiger charge is -2.51. The summed E-state index contributed by atoms with van der Waals surface area (Å²) in [6.45, 7) is 0. The summed E-state index contributed by atoms with van der Waals surface area (Å²) < 4.78 is 12.2. The average molecular weight is 375 g/mol. The molecular weight excluding hydrogens is 354 g/mol. The summed E-state index contributed by atoms with van der Waals surface area (Å²) in [5, 5.41) is 39.1. The third-order valence-corrected chi connectivity index (χ3v) is 6.53. The molecule has 0 aromatic heterocycles. The third-order valence-electron chi connectivity index (χ3n) is 6.53. The standard InChI is InChI=1S/C21H21N5O2/c1-26(2)15-8-6-14(7-9-15)17-19(11-22,12-23)20(13-24)16-5-3-4-10-21(16,27-17)28-18(20)25/h6-9,16-17,25H,3-5,10H2,1-2H3/t16-,17+,20+,21+/m0/s1. The molecule has 2 bridgehead atoms. The minimum atomic E-state index is -1.86. The second-order valence-electron chi connectivity index (χ2n) is 7.98.